The number of nitrogens with zero attached hydrogens (tertiary/aromatic N) is 2. The normalized spacial score (nSPS) is 15.7. The number of rotatable bonds is 5. The Morgan fingerprint density at radius 3 is 3.00 bits per heavy atom. The zero-order valence-corrected chi connectivity index (χ0v) is 12.5. The van der Waals surface area contributed by atoms with Gasteiger partial charge in [0.2, 0.25) is 0 Å². The maximum Gasteiger partial charge on any atom is 0.0702 e. The van der Waals surface area contributed by atoms with Crippen molar-refractivity contribution in [3.05, 3.63) is 39.3 Å². The maximum absolute atomic E-state index is 4.41. The van der Waals surface area contributed by atoms with Gasteiger partial charge < -0.3 is 5.32 Å². The number of hydrogen-bond donors (Lipinski definition) is 1. The van der Waals surface area contributed by atoms with E-state index in [4.69, 9.17) is 0 Å². The van der Waals surface area contributed by atoms with Crippen LogP contribution in [0.1, 0.15) is 47.2 Å². The molecule has 0 saturated heterocycles. The first-order valence-electron chi connectivity index (χ1n) is 7.19. The van der Waals surface area contributed by atoms with E-state index in [0.717, 1.165) is 13.1 Å². The van der Waals surface area contributed by atoms with E-state index < -0.39 is 0 Å². The fourth-order valence-corrected chi connectivity index (χ4v) is 4.14. The highest BCUT2D eigenvalue weighted by atomic mass is 32.1. The topological polar surface area (TPSA) is 29.9 Å². The molecule has 0 fully saturated rings. The van der Waals surface area contributed by atoms with E-state index in [-0.39, 0.29) is 0 Å². The summed E-state index contributed by atoms with van der Waals surface area (Å²) >= 11 is 1.98. The lowest BCUT2D eigenvalue weighted by atomic mass is 10.1. The van der Waals surface area contributed by atoms with Crippen molar-refractivity contribution in [2.45, 2.75) is 45.7 Å². The van der Waals surface area contributed by atoms with Gasteiger partial charge >= 0.3 is 0 Å². The van der Waals surface area contributed by atoms with Gasteiger partial charge in [0.1, 0.15) is 0 Å². The fraction of sp³-hybridized carbons (Fsp3) is 0.533. The average Bonchev–Trinajstić information content (AvgIpc) is 3.10. The van der Waals surface area contributed by atoms with Crippen molar-refractivity contribution in [2.24, 2.45) is 0 Å². The summed E-state index contributed by atoms with van der Waals surface area (Å²) in [6, 6.07) is 2.71. The summed E-state index contributed by atoms with van der Waals surface area (Å²) in [4.78, 5) is 3.04. The molecule has 1 N–H and O–H groups in total. The molecule has 0 bridgehead atoms. The lowest BCUT2D eigenvalue weighted by molar-refractivity contribution is 0.632. The third kappa shape index (κ3) is 2.47. The van der Waals surface area contributed by atoms with Crippen LogP contribution in [0.25, 0.3) is 0 Å². The Morgan fingerprint density at radius 2 is 2.32 bits per heavy atom. The number of hydrogen-bond acceptors (Lipinski definition) is 3. The molecule has 2 aromatic rings. The molecule has 102 valence electrons. The van der Waals surface area contributed by atoms with Crippen molar-refractivity contribution < 1.29 is 0 Å². The molecule has 2 heterocycles. The van der Waals surface area contributed by atoms with Gasteiger partial charge in [0, 0.05) is 28.1 Å². The second-order valence-corrected chi connectivity index (χ2v) is 6.24. The fourth-order valence-electron chi connectivity index (χ4n) is 2.78. The summed E-state index contributed by atoms with van der Waals surface area (Å²) in [6.45, 7) is 6.20. The van der Waals surface area contributed by atoms with Crippen LogP contribution < -0.4 is 5.32 Å². The molecule has 0 spiro atoms. The van der Waals surface area contributed by atoms with Crippen molar-refractivity contribution in [1.29, 1.82) is 0 Å². The molecule has 0 saturated carbocycles. The van der Waals surface area contributed by atoms with Crippen LogP contribution in [0.15, 0.2) is 18.5 Å². The summed E-state index contributed by atoms with van der Waals surface area (Å²) in [5.41, 5.74) is 2.86. The first kappa shape index (κ1) is 12.9. The van der Waals surface area contributed by atoms with E-state index in [1.165, 1.54) is 29.7 Å². The third-order valence-corrected chi connectivity index (χ3v) is 5.07. The Bertz CT molecular complexity index is 534. The quantitative estimate of drug-likeness (QED) is 0.908. The number of nitrogens with one attached hydrogen (secondary N) is 1. The van der Waals surface area contributed by atoms with Gasteiger partial charge in [-0.3, -0.25) is 4.68 Å². The number of aromatic nitrogens is 2. The predicted octanol–water partition coefficient (Wildman–Crippen LogP) is 3.15. The van der Waals surface area contributed by atoms with Gasteiger partial charge in [-0.2, -0.15) is 5.10 Å². The third-order valence-electron chi connectivity index (χ3n) is 3.77. The molecule has 0 amide bonds. The molecule has 0 aromatic carbocycles. The summed E-state index contributed by atoms with van der Waals surface area (Å²) in [5.74, 6) is 0. The van der Waals surface area contributed by atoms with Crippen LogP contribution in [0.5, 0.6) is 0 Å². The van der Waals surface area contributed by atoms with Crippen molar-refractivity contribution in [3.63, 3.8) is 0 Å². The first-order chi connectivity index (χ1) is 9.31. The van der Waals surface area contributed by atoms with Gasteiger partial charge in [0.25, 0.3) is 0 Å². The number of fused-ring (bicyclic) bond motifs is 1. The van der Waals surface area contributed by atoms with E-state index in [2.05, 4.69) is 36.5 Å². The molecular formula is C15H21N3S. The Morgan fingerprint density at radius 1 is 1.42 bits per heavy atom. The summed E-state index contributed by atoms with van der Waals surface area (Å²) in [5, 5.41) is 8.01. The lowest BCUT2D eigenvalue weighted by Gasteiger charge is -2.14. The zero-order valence-electron chi connectivity index (χ0n) is 11.6. The van der Waals surface area contributed by atoms with E-state index >= 15 is 0 Å². The van der Waals surface area contributed by atoms with Gasteiger partial charge in [-0.05, 0) is 44.4 Å². The Kier molecular flexibility index (Phi) is 3.71. The highest BCUT2D eigenvalue weighted by Gasteiger charge is 2.21. The molecule has 3 rings (SSSR count). The molecule has 1 atom stereocenters. The van der Waals surface area contributed by atoms with Crippen molar-refractivity contribution >= 4 is 11.3 Å². The molecular weight excluding hydrogens is 254 g/mol. The van der Waals surface area contributed by atoms with Crippen LogP contribution in [0, 0.1) is 0 Å². The second-order valence-electron chi connectivity index (χ2n) is 5.07. The molecule has 1 aliphatic rings. The molecule has 0 aliphatic heterocycles. The Labute approximate surface area is 118 Å². The van der Waals surface area contributed by atoms with E-state index in [1.807, 2.05) is 22.2 Å². The van der Waals surface area contributed by atoms with Crippen LogP contribution in [-0.2, 0) is 19.4 Å². The standard InChI is InChI=1S/C15H21N3S/c1-3-16-15(12-9-17-18(4-2)10-12)14-8-11-6-5-7-13(11)19-14/h8-10,15-16H,3-7H2,1-2H3. The highest BCUT2D eigenvalue weighted by Crippen LogP contribution is 2.35. The van der Waals surface area contributed by atoms with Crippen LogP contribution >= 0.6 is 11.3 Å². The van der Waals surface area contributed by atoms with Crippen LogP contribution in [-0.4, -0.2) is 16.3 Å². The van der Waals surface area contributed by atoms with E-state index in [0.29, 0.717) is 6.04 Å². The minimum Gasteiger partial charge on any atom is -0.306 e. The molecule has 4 heteroatoms. The largest absolute Gasteiger partial charge is 0.306 e. The average molecular weight is 275 g/mol. The number of aryl methyl sites for hydroxylation is 3. The van der Waals surface area contributed by atoms with Crippen LogP contribution in [0.4, 0.5) is 0 Å². The van der Waals surface area contributed by atoms with Gasteiger partial charge in [-0.15, -0.1) is 11.3 Å². The van der Waals surface area contributed by atoms with E-state index in [1.54, 1.807) is 10.4 Å². The lowest BCUT2D eigenvalue weighted by Crippen LogP contribution is -2.20. The van der Waals surface area contributed by atoms with Gasteiger partial charge in [-0.25, -0.2) is 0 Å². The minimum absolute atomic E-state index is 0.306. The maximum atomic E-state index is 4.41. The van der Waals surface area contributed by atoms with Crippen molar-refractivity contribution in [3.8, 4) is 0 Å². The predicted molar refractivity (Wildman–Crippen MR) is 79.8 cm³/mol. The molecule has 1 unspecified atom stereocenters. The highest BCUT2D eigenvalue weighted by molar-refractivity contribution is 7.12. The molecule has 0 radical (unpaired) electrons. The monoisotopic (exact) mass is 275 g/mol. The Hall–Kier alpha value is -1.13. The second kappa shape index (κ2) is 5.47. The molecule has 3 nitrogen and oxygen atoms in total. The Balaban J connectivity index is 1.90. The van der Waals surface area contributed by atoms with Gasteiger partial charge in [0.15, 0.2) is 0 Å². The first-order valence-corrected chi connectivity index (χ1v) is 8.00. The molecule has 19 heavy (non-hydrogen) atoms. The smallest absolute Gasteiger partial charge is 0.0702 e. The van der Waals surface area contributed by atoms with Gasteiger partial charge in [0.05, 0.1) is 12.2 Å². The SMILES string of the molecule is CCNC(c1cnn(CC)c1)c1cc2c(s1)CCC2. The molecule has 2 aromatic heterocycles. The number of thiophene rings is 1. The summed E-state index contributed by atoms with van der Waals surface area (Å²) in [7, 11) is 0. The molecule has 1 aliphatic carbocycles. The minimum atomic E-state index is 0.306. The van der Waals surface area contributed by atoms with Crippen LogP contribution in [0.2, 0.25) is 0 Å². The summed E-state index contributed by atoms with van der Waals surface area (Å²) < 4.78 is 2.00. The van der Waals surface area contributed by atoms with Crippen molar-refractivity contribution in [1.82, 2.24) is 15.1 Å². The van der Waals surface area contributed by atoms with Crippen LogP contribution in [0.3, 0.4) is 0 Å². The van der Waals surface area contributed by atoms with Gasteiger partial charge in [-0.1, -0.05) is 6.92 Å². The summed E-state index contributed by atoms with van der Waals surface area (Å²) in [6.07, 6.45) is 8.03. The zero-order chi connectivity index (χ0) is 13.2. The van der Waals surface area contributed by atoms with E-state index in [9.17, 15) is 0 Å². The van der Waals surface area contributed by atoms with Crippen molar-refractivity contribution in [2.75, 3.05) is 6.54 Å².